The Morgan fingerprint density at radius 3 is 2.80 bits per heavy atom. The van der Waals surface area contributed by atoms with Gasteiger partial charge in [0.2, 0.25) is 5.91 Å². The minimum atomic E-state index is -0.742. The van der Waals surface area contributed by atoms with E-state index in [1.807, 2.05) is 0 Å². The van der Waals surface area contributed by atoms with Gasteiger partial charge in [-0.2, -0.15) is 0 Å². The van der Waals surface area contributed by atoms with Gasteiger partial charge in [-0.15, -0.1) is 0 Å². The van der Waals surface area contributed by atoms with Crippen molar-refractivity contribution in [1.29, 1.82) is 0 Å². The molecule has 0 spiro atoms. The Hall–Kier alpha value is -1.49. The zero-order chi connectivity index (χ0) is 14.1. The minimum absolute atomic E-state index is 0.0353. The smallest absolute Gasteiger partial charge is 0.241 e. The molecular formula is C15H18F2N2O. The molecule has 2 N–H and O–H groups in total. The van der Waals surface area contributed by atoms with Gasteiger partial charge in [0.15, 0.2) is 0 Å². The average Bonchev–Trinajstić information content (AvgIpc) is 2.86. The first kappa shape index (κ1) is 13.5. The van der Waals surface area contributed by atoms with Crippen molar-refractivity contribution in [2.45, 2.75) is 44.2 Å². The molecule has 1 aromatic rings. The summed E-state index contributed by atoms with van der Waals surface area (Å²) in [5.41, 5.74) is 0.0353. The van der Waals surface area contributed by atoms with Crippen molar-refractivity contribution >= 4 is 11.6 Å². The summed E-state index contributed by atoms with van der Waals surface area (Å²) in [7, 11) is 0. The summed E-state index contributed by atoms with van der Waals surface area (Å²) in [6.45, 7) is 0. The fourth-order valence-electron chi connectivity index (χ4n) is 3.33. The van der Waals surface area contributed by atoms with Crippen LogP contribution in [0.15, 0.2) is 18.2 Å². The van der Waals surface area contributed by atoms with Crippen molar-refractivity contribution < 1.29 is 13.6 Å². The number of anilines is 1. The van der Waals surface area contributed by atoms with Crippen LogP contribution in [0.3, 0.4) is 0 Å². The van der Waals surface area contributed by atoms with Gasteiger partial charge >= 0.3 is 0 Å². The lowest BCUT2D eigenvalue weighted by Crippen LogP contribution is -2.40. The number of carbonyl (C=O) groups excluding carboxylic acids is 1. The molecule has 5 heteroatoms. The molecule has 1 saturated heterocycles. The third kappa shape index (κ3) is 2.68. The SMILES string of the molecule is O=C(Nc1ccc(F)cc1F)C1CC2CCCCC2N1. The highest BCUT2D eigenvalue weighted by Crippen LogP contribution is 2.33. The molecule has 0 bridgehead atoms. The molecule has 3 nitrogen and oxygen atoms in total. The van der Waals surface area contributed by atoms with E-state index in [1.165, 1.54) is 18.9 Å². The number of halogens is 2. The Morgan fingerprint density at radius 1 is 1.25 bits per heavy atom. The van der Waals surface area contributed by atoms with Crippen LogP contribution >= 0.6 is 0 Å². The number of benzene rings is 1. The highest BCUT2D eigenvalue weighted by Gasteiger charge is 2.38. The van der Waals surface area contributed by atoms with E-state index in [1.54, 1.807) is 0 Å². The molecule has 20 heavy (non-hydrogen) atoms. The molecule has 2 aliphatic rings. The summed E-state index contributed by atoms with van der Waals surface area (Å²) in [6.07, 6.45) is 5.50. The summed E-state index contributed by atoms with van der Waals surface area (Å²) in [5, 5.41) is 5.88. The summed E-state index contributed by atoms with van der Waals surface area (Å²) in [5.74, 6) is -1.07. The van der Waals surface area contributed by atoms with Gasteiger partial charge in [-0.25, -0.2) is 8.78 Å². The highest BCUT2D eigenvalue weighted by molar-refractivity contribution is 5.95. The van der Waals surface area contributed by atoms with Crippen LogP contribution < -0.4 is 10.6 Å². The first-order valence-electron chi connectivity index (χ1n) is 7.15. The molecule has 1 amide bonds. The van der Waals surface area contributed by atoms with E-state index in [9.17, 15) is 13.6 Å². The maximum Gasteiger partial charge on any atom is 0.241 e. The van der Waals surface area contributed by atoms with Gasteiger partial charge in [-0.1, -0.05) is 12.8 Å². The van der Waals surface area contributed by atoms with Gasteiger partial charge < -0.3 is 10.6 Å². The molecule has 0 radical (unpaired) electrons. The Bertz CT molecular complexity index is 507. The molecule has 1 heterocycles. The van der Waals surface area contributed by atoms with Crippen molar-refractivity contribution in [2.75, 3.05) is 5.32 Å². The molecule has 1 aromatic carbocycles. The summed E-state index contributed by atoms with van der Waals surface area (Å²) in [6, 6.07) is 3.31. The predicted molar refractivity (Wildman–Crippen MR) is 72.3 cm³/mol. The molecule has 3 unspecified atom stereocenters. The second-order valence-electron chi connectivity index (χ2n) is 5.72. The van der Waals surface area contributed by atoms with E-state index >= 15 is 0 Å². The lowest BCUT2D eigenvalue weighted by Gasteiger charge is -2.24. The van der Waals surface area contributed by atoms with E-state index in [-0.39, 0.29) is 17.6 Å². The largest absolute Gasteiger partial charge is 0.322 e. The lowest BCUT2D eigenvalue weighted by atomic mass is 9.85. The summed E-state index contributed by atoms with van der Waals surface area (Å²) in [4.78, 5) is 12.2. The van der Waals surface area contributed by atoms with Crippen LogP contribution in [0.1, 0.15) is 32.1 Å². The maximum absolute atomic E-state index is 13.5. The molecule has 3 atom stereocenters. The van der Waals surface area contributed by atoms with E-state index in [2.05, 4.69) is 10.6 Å². The third-order valence-corrected chi connectivity index (χ3v) is 4.37. The fourth-order valence-corrected chi connectivity index (χ4v) is 3.33. The second-order valence-corrected chi connectivity index (χ2v) is 5.72. The Balaban J connectivity index is 1.65. The van der Waals surface area contributed by atoms with Crippen LogP contribution in [0.4, 0.5) is 14.5 Å². The quantitative estimate of drug-likeness (QED) is 0.874. The third-order valence-electron chi connectivity index (χ3n) is 4.37. The zero-order valence-corrected chi connectivity index (χ0v) is 11.2. The summed E-state index contributed by atoms with van der Waals surface area (Å²) < 4.78 is 26.3. The number of hydrogen-bond donors (Lipinski definition) is 2. The molecule has 1 saturated carbocycles. The number of carbonyl (C=O) groups is 1. The molecular weight excluding hydrogens is 262 g/mol. The number of nitrogens with one attached hydrogen (secondary N) is 2. The number of fused-ring (bicyclic) bond motifs is 1. The van der Waals surface area contributed by atoms with Gasteiger partial charge in [0.25, 0.3) is 0 Å². The zero-order valence-electron chi connectivity index (χ0n) is 11.2. The number of amides is 1. The fraction of sp³-hybridized carbons (Fsp3) is 0.533. The van der Waals surface area contributed by atoms with Gasteiger partial charge in [-0.05, 0) is 37.3 Å². The Morgan fingerprint density at radius 2 is 2.05 bits per heavy atom. The Kier molecular flexibility index (Phi) is 3.70. The predicted octanol–water partition coefficient (Wildman–Crippen LogP) is 2.82. The van der Waals surface area contributed by atoms with Crippen LogP contribution in [0.2, 0.25) is 0 Å². The molecule has 3 rings (SSSR count). The van der Waals surface area contributed by atoms with Crippen molar-refractivity contribution in [3.05, 3.63) is 29.8 Å². The molecule has 2 fully saturated rings. The van der Waals surface area contributed by atoms with Crippen LogP contribution in [-0.4, -0.2) is 18.0 Å². The van der Waals surface area contributed by atoms with Crippen molar-refractivity contribution in [2.24, 2.45) is 5.92 Å². The van der Waals surface area contributed by atoms with Crippen molar-refractivity contribution in [3.8, 4) is 0 Å². The van der Waals surface area contributed by atoms with Crippen LogP contribution in [0, 0.1) is 17.6 Å². The van der Waals surface area contributed by atoms with Gasteiger partial charge in [-0.3, -0.25) is 4.79 Å². The number of rotatable bonds is 2. The van der Waals surface area contributed by atoms with E-state index in [0.717, 1.165) is 31.4 Å². The molecule has 1 aliphatic heterocycles. The monoisotopic (exact) mass is 280 g/mol. The maximum atomic E-state index is 13.5. The second kappa shape index (κ2) is 5.48. The normalized spacial score (nSPS) is 29.0. The molecule has 0 aromatic heterocycles. The molecule has 108 valence electrons. The highest BCUT2D eigenvalue weighted by atomic mass is 19.1. The average molecular weight is 280 g/mol. The lowest BCUT2D eigenvalue weighted by molar-refractivity contribution is -0.117. The van der Waals surface area contributed by atoms with E-state index < -0.39 is 11.6 Å². The van der Waals surface area contributed by atoms with Crippen LogP contribution in [-0.2, 0) is 4.79 Å². The van der Waals surface area contributed by atoms with Crippen molar-refractivity contribution in [3.63, 3.8) is 0 Å². The first-order chi connectivity index (χ1) is 9.63. The topological polar surface area (TPSA) is 41.1 Å². The van der Waals surface area contributed by atoms with E-state index in [4.69, 9.17) is 0 Å². The standard InChI is InChI=1S/C15H18F2N2O/c16-10-5-6-13(11(17)8-10)19-15(20)14-7-9-3-1-2-4-12(9)18-14/h5-6,8-9,12,14,18H,1-4,7H2,(H,19,20). The van der Waals surface area contributed by atoms with Gasteiger partial charge in [0.1, 0.15) is 11.6 Å². The summed E-state index contributed by atoms with van der Waals surface area (Å²) >= 11 is 0. The Labute approximate surface area is 116 Å². The van der Waals surface area contributed by atoms with Gasteiger partial charge in [0, 0.05) is 12.1 Å². The van der Waals surface area contributed by atoms with E-state index in [0.29, 0.717) is 12.0 Å². The van der Waals surface area contributed by atoms with Crippen LogP contribution in [0.25, 0.3) is 0 Å². The van der Waals surface area contributed by atoms with Crippen LogP contribution in [0.5, 0.6) is 0 Å². The minimum Gasteiger partial charge on any atom is -0.322 e. The number of hydrogen-bond acceptors (Lipinski definition) is 2. The van der Waals surface area contributed by atoms with Gasteiger partial charge in [0.05, 0.1) is 11.7 Å². The molecule has 1 aliphatic carbocycles. The van der Waals surface area contributed by atoms with Crippen molar-refractivity contribution in [1.82, 2.24) is 5.32 Å². The first-order valence-corrected chi connectivity index (χ1v) is 7.15.